The fourth-order valence-electron chi connectivity index (χ4n) is 3.95. The summed E-state index contributed by atoms with van der Waals surface area (Å²) in [5.74, 6) is -0.868. The highest BCUT2D eigenvalue weighted by Crippen LogP contribution is 2.41. The van der Waals surface area contributed by atoms with Crippen LogP contribution in [0.5, 0.6) is 0 Å². The number of aromatic nitrogens is 1. The number of hydrogen-bond donors (Lipinski definition) is 2. The van der Waals surface area contributed by atoms with Gasteiger partial charge in [-0.2, -0.15) is 26.3 Å². The number of carbonyl (C=O) groups excluding carboxylic acids is 1. The Morgan fingerprint density at radius 3 is 1.83 bits per heavy atom. The highest BCUT2D eigenvalue weighted by Gasteiger charge is 2.41. The van der Waals surface area contributed by atoms with Gasteiger partial charge < -0.3 is 10.0 Å². The van der Waals surface area contributed by atoms with Crippen molar-refractivity contribution in [2.24, 2.45) is 0 Å². The number of rotatable bonds is 5. The maximum Gasteiger partial charge on any atom is 0.416 e. The Labute approximate surface area is 233 Å². The SMILES string of the molecule is C1CC1.Cc1ccccc1-c1cc(NC(=O)O)ncc1N(C)C(=O)C(C)(C)c1cc(C(F)(F)F)cc(C(F)(F)F)c1. The molecule has 1 aliphatic rings. The second kappa shape index (κ2) is 11.8. The first-order valence-corrected chi connectivity index (χ1v) is 12.6. The van der Waals surface area contributed by atoms with E-state index >= 15 is 0 Å². The molecular weight excluding hydrogens is 552 g/mol. The van der Waals surface area contributed by atoms with Gasteiger partial charge in [0, 0.05) is 12.6 Å². The Bertz CT molecular complexity index is 1400. The van der Waals surface area contributed by atoms with E-state index in [1.165, 1.54) is 52.4 Å². The van der Waals surface area contributed by atoms with Crippen molar-refractivity contribution in [3.8, 4) is 11.1 Å². The van der Waals surface area contributed by atoms with Crippen molar-refractivity contribution in [2.45, 2.75) is 57.8 Å². The lowest BCUT2D eigenvalue weighted by Crippen LogP contribution is -2.42. The number of likely N-dealkylation sites (N-methyl/N-ethyl adjacent to an activating group) is 1. The number of amides is 2. The molecular formula is C29H29F6N3O3. The first-order valence-electron chi connectivity index (χ1n) is 12.6. The van der Waals surface area contributed by atoms with Crippen molar-refractivity contribution < 1.29 is 41.0 Å². The summed E-state index contributed by atoms with van der Waals surface area (Å²) in [5, 5.41) is 11.2. The molecule has 1 fully saturated rings. The molecule has 1 aliphatic carbocycles. The van der Waals surface area contributed by atoms with E-state index in [2.05, 4.69) is 10.3 Å². The second-order valence-corrected chi connectivity index (χ2v) is 10.2. The minimum atomic E-state index is -5.07. The third kappa shape index (κ3) is 7.77. The number of halogens is 6. The molecule has 0 bridgehead atoms. The number of alkyl halides is 6. The smallest absolute Gasteiger partial charge is 0.416 e. The van der Waals surface area contributed by atoms with Gasteiger partial charge in [-0.05, 0) is 61.7 Å². The molecule has 1 heterocycles. The molecule has 2 amide bonds. The molecule has 2 aromatic carbocycles. The highest BCUT2D eigenvalue weighted by atomic mass is 19.4. The van der Waals surface area contributed by atoms with Gasteiger partial charge in [0.1, 0.15) is 5.82 Å². The Hall–Kier alpha value is -4.09. The van der Waals surface area contributed by atoms with E-state index in [-0.39, 0.29) is 17.6 Å². The van der Waals surface area contributed by atoms with Crippen LogP contribution in [0.3, 0.4) is 0 Å². The van der Waals surface area contributed by atoms with Gasteiger partial charge in [-0.25, -0.2) is 9.78 Å². The minimum absolute atomic E-state index is 0.00213. The first kappa shape index (κ1) is 31.4. The van der Waals surface area contributed by atoms with Crippen LogP contribution >= 0.6 is 0 Å². The number of nitrogens with one attached hydrogen (secondary N) is 1. The molecule has 0 unspecified atom stereocenters. The number of hydrogen-bond acceptors (Lipinski definition) is 3. The van der Waals surface area contributed by atoms with Gasteiger partial charge in [0.15, 0.2) is 0 Å². The summed E-state index contributed by atoms with van der Waals surface area (Å²) in [6, 6.07) is 9.41. The molecule has 1 aromatic heterocycles. The zero-order valence-corrected chi connectivity index (χ0v) is 22.7. The largest absolute Gasteiger partial charge is 0.465 e. The second-order valence-electron chi connectivity index (χ2n) is 10.2. The lowest BCUT2D eigenvalue weighted by Gasteiger charge is -2.32. The molecule has 220 valence electrons. The number of nitrogens with zero attached hydrogens (tertiary/aromatic N) is 2. The Balaban J connectivity index is 0.00000144. The fraction of sp³-hybridized carbons (Fsp3) is 0.345. The topological polar surface area (TPSA) is 82.5 Å². The van der Waals surface area contributed by atoms with Gasteiger partial charge in [-0.15, -0.1) is 0 Å². The van der Waals surface area contributed by atoms with Gasteiger partial charge in [0.25, 0.3) is 0 Å². The lowest BCUT2D eigenvalue weighted by molar-refractivity contribution is -0.143. The normalized spacial score (nSPS) is 13.1. The Kier molecular flexibility index (Phi) is 9.04. The summed E-state index contributed by atoms with van der Waals surface area (Å²) in [6.07, 6.45) is -5.82. The lowest BCUT2D eigenvalue weighted by atomic mass is 9.81. The summed E-state index contributed by atoms with van der Waals surface area (Å²) in [5.41, 5.74) is -3.48. The van der Waals surface area contributed by atoms with Crippen LogP contribution in [0, 0.1) is 6.92 Å². The zero-order valence-electron chi connectivity index (χ0n) is 22.7. The molecule has 0 atom stereocenters. The minimum Gasteiger partial charge on any atom is -0.465 e. The van der Waals surface area contributed by atoms with Crippen LogP contribution in [-0.4, -0.2) is 29.1 Å². The predicted octanol–water partition coefficient (Wildman–Crippen LogP) is 8.30. The third-order valence-corrected chi connectivity index (χ3v) is 6.42. The Morgan fingerprint density at radius 2 is 1.37 bits per heavy atom. The molecule has 0 aliphatic heterocycles. The summed E-state index contributed by atoms with van der Waals surface area (Å²) >= 11 is 0. The van der Waals surface area contributed by atoms with Crippen LogP contribution in [0.25, 0.3) is 11.1 Å². The molecule has 12 heteroatoms. The molecule has 0 radical (unpaired) electrons. The van der Waals surface area contributed by atoms with Crippen LogP contribution in [0.1, 0.15) is 55.4 Å². The molecule has 6 nitrogen and oxygen atoms in total. The van der Waals surface area contributed by atoms with E-state index in [1.54, 1.807) is 31.2 Å². The molecule has 1 saturated carbocycles. The fourth-order valence-corrected chi connectivity index (χ4v) is 3.95. The van der Waals surface area contributed by atoms with E-state index in [0.29, 0.717) is 23.3 Å². The zero-order chi connectivity index (χ0) is 30.8. The van der Waals surface area contributed by atoms with Crippen molar-refractivity contribution >= 4 is 23.5 Å². The average Bonchev–Trinajstić information content (AvgIpc) is 3.76. The maximum absolute atomic E-state index is 13.6. The van der Waals surface area contributed by atoms with Crippen molar-refractivity contribution in [2.75, 3.05) is 17.3 Å². The monoisotopic (exact) mass is 581 g/mol. The van der Waals surface area contributed by atoms with Gasteiger partial charge in [-0.1, -0.05) is 43.5 Å². The number of carboxylic acid groups (broad SMARTS) is 1. The number of carbonyl (C=O) groups is 2. The summed E-state index contributed by atoms with van der Waals surface area (Å²) in [7, 11) is 1.31. The number of pyridine rings is 1. The Morgan fingerprint density at radius 1 is 0.854 bits per heavy atom. The van der Waals surface area contributed by atoms with E-state index < -0.39 is 46.5 Å². The number of benzene rings is 2. The van der Waals surface area contributed by atoms with Crippen LogP contribution in [0.2, 0.25) is 0 Å². The molecule has 3 aromatic rings. The van der Waals surface area contributed by atoms with Crippen molar-refractivity contribution in [1.29, 1.82) is 0 Å². The molecule has 0 spiro atoms. The standard InChI is InChI=1S/C26H23F6N3O3.C3H6/c1-14-7-5-6-8-18(14)19-12-21(34-23(37)38)33-13-20(19)35(4)22(36)24(2,3)15-9-16(25(27,28)29)11-17(10-15)26(30,31)32;1-2-3-1/h5-13H,1-4H3,(H,33,34)(H,37,38);1-3H2. The van der Waals surface area contributed by atoms with Crippen molar-refractivity contribution in [3.05, 3.63) is 77.0 Å². The van der Waals surface area contributed by atoms with Gasteiger partial charge in [0.2, 0.25) is 5.91 Å². The van der Waals surface area contributed by atoms with E-state index in [1.807, 2.05) is 0 Å². The summed E-state index contributed by atoms with van der Waals surface area (Å²) < 4.78 is 80.6. The molecule has 2 N–H and O–H groups in total. The van der Waals surface area contributed by atoms with Crippen molar-refractivity contribution in [1.82, 2.24) is 4.98 Å². The van der Waals surface area contributed by atoms with Crippen LogP contribution < -0.4 is 10.2 Å². The van der Waals surface area contributed by atoms with Crippen LogP contribution in [0.15, 0.2) is 54.7 Å². The van der Waals surface area contributed by atoms with E-state index in [4.69, 9.17) is 5.11 Å². The number of anilines is 2. The summed E-state index contributed by atoms with van der Waals surface area (Å²) in [6.45, 7) is 4.22. The number of aryl methyl sites for hydroxylation is 1. The predicted molar refractivity (Wildman–Crippen MR) is 143 cm³/mol. The molecule has 0 saturated heterocycles. The highest BCUT2D eigenvalue weighted by molar-refractivity contribution is 6.03. The van der Waals surface area contributed by atoms with Gasteiger partial charge >= 0.3 is 18.4 Å². The maximum atomic E-state index is 13.6. The summed E-state index contributed by atoms with van der Waals surface area (Å²) in [4.78, 5) is 29.8. The van der Waals surface area contributed by atoms with Crippen LogP contribution in [0.4, 0.5) is 42.6 Å². The molecule has 41 heavy (non-hydrogen) atoms. The first-order chi connectivity index (χ1) is 18.9. The van der Waals surface area contributed by atoms with E-state index in [0.717, 1.165) is 10.5 Å². The average molecular weight is 582 g/mol. The van der Waals surface area contributed by atoms with Gasteiger partial charge in [-0.3, -0.25) is 10.1 Å². The molecule has 4 rings (SSSR count). The van der Waals surface area contributed by atoms with Crippen LogP contribution in [-0.2, 0) is 22.6 Å². The van der Waals surface area contributed by atoms with Crippen molar-refractivity contribution in [3.63, 3.8) is 0 Å². The third-order valence-electron chi connectivity index (χ3n) is 6.42. The van der Waals surface area contributed by atoms with E-state index in [9.17, 15) is 35.9 Å². The van der Waals surface area contributed by atoms with Gasteiger partial charge in [0.05, 0.1) is 28.4 Å². The quantitative estimate of drug-likeness (QED) is 0.297.